The molecule has 2 aromatic carbocycles. The molecule has 2 aromatic heterocycles. The van der Waals surface area contributed by atoms with Gasteiger partial charge < -0.3 is 10.3 Å². The summed E-state index contributed by atoms with van der Waals surface area (Å²) in [4.78, 5) is 20.2. The molecule has 148 valence electrons. The van der Waals surface area contributed by atoms with Gasteiger partial charge in [0.1, 0.15) is 0 Å². The molecule has 29 heavy (non-hydrogen) atoms. The maximum atomic E-state index is 12.5. The Labute approximate surface area is 182 Å². The summed E-state index contributed by atoms with van der Waals surface area (Å²) < 4.78 is 0. The van der Waals surface area contributed by atoms with E-state index >= 15 is 0 Å². The van der Waals surface area contributed by atoms with E-state index in [1.807, 2.05) is 48.8 Å². The molecular formula is C22H19Cl2N3OS. The smallest absolute Gasteiger partial charge is 0.226 e. The second kappa shape index (κ2) is 8.57. The van der Waals surface area contributed by atoms with E-state index in [0.29, 0.717) is 16.6 Å². The van der Waals surface area contributed by atoms with Crippen molar-refractivity contribution in [3.05, 3.63) is 85.9 Å². The van der Waals surface area contributed by atoms with Gasteiger partial charge in [0.2, 0.25) is 5.91 Å². The monoisotopic (exact) mass is 443 g/mol. The van der Waals surface area contributed by atoms with Gasteiger partial charge in [-0.1, -0.05) is 47.5 Å². The first-order valence-electron chi connectivity index (χ1n) is 9.20. The molecule has 4 rings (SSSR count). The first-order valence-corrected chi connectivity index (χ1v) is 10.8. The number of nitrogens with zero attached hydrogens (tertiary/aromatic N) is 1. The summed E-state index contributed by atoms with van der Waals surface area (Å²) in [5.41, 5.74) is 3.83. The van der Waals surface area contributed by atoms with Gasteiger partial charge in [0.15, 0.2) is 0 Å². The third-order valence-corrected chi connectivity index (χ3v) is 6.23. The van der Waals surface area contributed by atoms with Crippen LogP contribution in [0.1, 0.15) is 27.7 Å². The van der Waals surface area contributed by atoms with Gasteiger partial charge in [-0.25, -0.2) is 4.98 Å². The molecule has 0 bridgehead atoms. The van der Waals surface area contributed by atoms with Crippen LogP contribution in [0, 0.1) is 6.92 Å². The van der Waals surface area contributed by atoms with Crippen molar-refractivity contribution in [2.24, 2.45) is 0 Å². The van der Waals surface area contributed by atoms with E-state index in [2.05, 4.69) is 21.4 Å². The van der Waals surface area contributed by atoms with E-state index in [1.54, 1.807) is 17.4 Å². The maximum absolute atomic E-state index is 12.5. The van der Waals surface area contributed by atoms with Crippen molar-refractivity contribution >= 4 is 51.3 Å². The molecule has 1 atom stereocenters. The average Bonchev–Trinajstić information content (AvgIpc) is 3.29. The summed E-state index contributed by atoms with van der Waals surface area (Å²) in [5, 5.41) is 8.20. The number of H-pyrrole nitrogens is 1. The molecule has 1 unspecified atom stereocenters. The quantitative estimate of drug-likeness (QED) is 0.399. The van der Waals surface area contributed by atoms with Crippen molar-refractivity contribution in [2.45, 2.75) is 19.3 Å². The van der Waals surface area contributed by atoms with Gasteiger partial charge in [0, 0.05) is 45.0 Å². The highest BCUT2D eigenvalue weighted by Crippen LogP contribution is 2.35. The van der Waals surface area contributed by atoms with Crippen LogP contribution in [0.2, 0.25) is 10.0 Å². The molecule has 0 aliphatic rings. The molecule has 4 aromatic rings. The van der Waals surface area contributed by atoms with Gasteiger partial charge in [0.05, 0.1) is 17.1 Å². The highest BCUT2D eigenvalue weighted by atomic mass is 35.5. The maximum Gasteiger partial charge on any atom is 0.226 e. The number of para-hydroxylation sites is 1. The second-order valence-electron chi connectivity index (χ2n) is 6.85. The Morgan fingerprint density at radius 3 is 2.79 bits per heavy atom. The van der Waals surface area contributed by atoms with Gasteiger partial charge in [0.25, 0.3) is 0 Å². The number of aromatic amines is 1. The van der Waals surface area contributed by atoms with Crippen molar-refractivity contribution in [1.29, 1.82) is 0 Å². The van der Waals surface area contributed by atoms with Crippen LogP contribution < -0.4 is 5.32 Å². The molecule has 0 saturated heterocycles. The number of benzene rings is 2. The molecule has 0 aliphatic carbocycles. The minimum Gasteiger partial charge on any atom is -0.361 e. The van der Waals surface area contributed by atoms with E-state index in [0.717, 1.165) is 32.7 Å². The lowest BCUT2D eigenvalue weighted by Gasteiger charge is -2.19. The van der Waals surface area contributed by atoms with E-state index in [-0.39, 0.29) is 18.2 Å². The summed E-state index contributed by atoms with van der Waals surface area (Å²) in [7, 11) is 0. The van der Waals surface area contributed by atoms with Crippen LogP contribution in [0.3, 0.4) is 0 Å². The minimum atomic E-state index is -0.114. The third kappa shape index (κ3) is 4.47. The first-order chi connectivity index (χ1) is 14.0. The predicted octanol–water partition coefficient (Wildman–Crippen LogP) is 5.73. The summed E-state index contributed by atoms with van der Waals surface area (Å²) >= 11 is 14.2. The van der Waals surface area contributed by atoms with Crippen molar-refractivity contribution in [1.82, 2.24) is 15.3 Å². The van der Waals surface area contributed by atoms with Crippen molar-refractivity contribution in [3.63, 3.8) is 0 Å². The van der Waals surface area contributed by atoms with Gasteiger partial charge >= 0.3 is 0 Å². The lowest BCUT2D eigenvalue weighted by atomic mass is 9.90. The Morgan fingerprint density at radius 2 is 2.03 bits per heavy atom. The molecule has 0 radical (unpaired) electrons. The van der Waals surface area contributed by atoms with Crippen LogP contribution in [-0.2, 0) is 11.2 Å². The molecule has 0 saturated carbocycles. The highest BCUT2D eigenvalue weighted by molar-refractivity contribution is 7.09. The summed E-state index contributed by atoms with van der Waals surface area (Å²) in [6.07, 6.45) is 2.25. The fraction of sp³-hybridized carbons (Fsp3) is 0.182. The number of carbonyl (C=O) groups is 1. The van der Waals surface area contributed by atoms with Crippen LogP contribution in [0.5, 0.6) is 0 Å². The largest absolute Gasteiger partial charge is 0.361 e. The second-order valence-corrected chi connectivity index (χ2v) is 8.75. The predicted molar refractivity (Wildman–Crippen MR) is 120 cm³/mol. The zero-order valence-electron chi connectivity index (χ0n) is 15.7. The molecule has 0 spiro atoms. The lowest BCUT2D eigenvalue weighted by molar-refractivity contribution is -0.120. The van der Waals surface area contributed by atoms with Gasteiger partial charge in [-0.05, 0) is 36.2 Å². The molecule has 4 nitrogen and oxygen atoms in total. The minimum absolute atomic E-state index is 0.0646. The van der Waals surface area contributed by atoms with Gasteiger partial charge in [-0.15, -0.1) is 11.3 Å². The standard InChI is InChI=1S/C22H19Cl2N3OS/c1-13-27-15(12-29-13)9-22(28)26-11-18(16-7-6-14(23)8-20(16)24)19-10-25-21-5-3-2-4-17(19)21/h2-8,10,12,18,25H,9,11H2,1H3,(H,26,28). The molecule has 7 heteroatoms. The Hall–Kier alpha value is -2.34. The summed E-state index contributed by atoms with van der Waals surface area (Å²) in [5.74, 6) is -0.178. The van der Waals surface area contributed by atoms with Crippen LogP contribution in [0.4, 0.5) is 0 Å². The number of halogens is 2. The molecule has 1 amide bonds. The number of thiazole rings is 1. The Bertz CT molecular complexity index is 1170. The number of fused-ring (bicyclic) bond motifs is 1. The normalized spacial score (nSPS) is 12.2. The van der Waals surface area contributed by atoms with E-state index in [9.17, 15) is 4.79 Å². The van der Waals surface area contributed by atoms with Crippen molar-refractivity contribution < 1.29 is 4.79 Å². The number of hydrogen-bond donors (Lipinski definition) is 2. The SMILES string of the molecule is Cc1nc(CC(=O)NCC(c2ccc(Cl)cc2Cl)c2c[nH]c3ccccc23)cs1. The number of aryl methyl sites for hydroxylation is 1. The van der Waals surface area contributed by atoms with E-state index in [4.69, 9.17) is 23.2 Å². The first kappa shape index (κ1) is 20.0. The topological polar surface area (TPSA) is 57.8 Å². The highest BCUT2D eigenvalue weighted by Gasteiger charge is 2.21. The summed E-state index contributed by atoms with van der Waals surface area (Å²) in [6.45, 7) is 2.35. The van der Waals surface area contributed by atoms with Crippen LogP contribution in [-0.4, -0.2) is 22.4 Å². The fourth-order valence-electron chi connectivity index (χ4n) is 3.49. The average molecular weight is 444 g/mol. The molecule has 2 N–H and O–H groups in total. The zero-order chi connectivity index (χ0) is 20.4. The number of hydrogen-bond acceptors (Lipinski definition) is 3. The van der Waals surface area contributed by atoms with Gasteiger partial charge in [-0.2, -0.15) is 0 Å². The number of aromatic nitrogens is 2. The molecule has 0 fully saturated rings. The van der Waals surface area contributed by atoms with Crippen LogP contribution in [0.25, 0.3) is 10.9 Å². The zero-order valence-corrected chi connectivity index (χ0v) is 18.0. The fourth-order valence-corrected chi connectivity index (χ4v) is 4.64. The Kier molecular flexibility index (Phi) is 5.90. The van der Waals surface area contributed by atoms with E-state index in [1.165, 1.54) is 0 Å². The van der Waals surface area contributed by atoms with Crippen LogP contribution in [0.15, 0.2) is 54.0 Å². The molecular weight excluding hydrogens is 425 g/mol. The lowest BCUT2D eigenvalue weighted by Crippen LogP contribution is -2.30. The number of carbonyl (C=O) groups excluding carboxylic acids is 1. The van der Waals surface area contributed by atoms with E-state index < -0.39 is 0 Å². The number of rotatable bonds is 6. The summed E-state index contributed by atoms with van der Waals surface area (Å²) in [6, 6.07) is 13.6. The number of amides is 1. The van der Waals surface area contributed by atoms with Crippen LogP contribution >= 0.6 is 34.5 Å². The Balaban J connectivity index is 1.62. The van der Waals surface area contributed by atoms with Crippen molar-refractivity contribution in [2.75, 3.05) is 6.54 Å². The molecule has 0 aliphatic heterocycles. The van der Waals surface area contributed by atoms with Gasteiger partial charge in [-0.3, -0.25) is 4.79 Å². The Morgan fingerprint density at radius 1 is 1.21 bits per heavy atom. The number of nitrogens with one attached hydrogen (secondary N) is 2. The third-order valence-electron chi connectivity index (χ3n) is 4.85. The molecule has 2 heterocycles. The van der Waals surface area contributed by atoms with Crippen molar-refractivity contribution in [3.8, 4) is 0 Å².